The molecule has 2 saturated heterocycles. The second-order valence-corrected chi connectivity index (χ2v) is 8.92. The van der Waals surface area contributed by atoms with E-state index in [9.17, 15) is 9.18 Å². The van der Waals surface area contributed by atoms with E-state index in [0.29, 0.717) is 5.91 Å². The molecule has 0 aromatic heterocycles. The topological polar surface area (TPSA) is 29.2 Å². The van der Waals surface area contributed by atoms with Crippen LogP contribution in [-0.2, 0) is 11.3 Å². The van der Waals surface area contributed by atoms with Crippen LogP contribution in [0.4, 0.5) is 4.39 Å². The van der Waals surface area contributed by atoms with Crippen LogP contribution >= 0.6 is 0 Å². The summed E-state index contributed by atoms with van der Waals surface area (Å²) >= 11 is 0. The minimum Gasteiger partial charge on any atom is -0.331 e. The van der Waals surface area contributed by atoms with E-state index in [0.717, 1.165) is 65.2 Å². The molecule has 0 bridgehead atoms. The minimum absolute atomic E-state index is 0.177. The summed E-state index contributed by atoms with van der Waals surface area (Å²) in [4.78, 5) is 18.2. The molecule has 2 aliphatic rings. The van der Waals surface area contributed by atoms with Gasteiger partial charge in [-0.3, -0.25) is 4.79 Å². The lowest BCUT2D eigenvalue weighted by atomic mass is 9.94. The van der Waals surface area contributed by atoms with Crippen molar-refractivity contribution in [1.82, 2.24) is 4.90 Å². The molecule has 0 unspecified atom stereocenters. The highest BCUT2D eigenvalue weighted by Crippen LogP contribution is 2.14. The van der Waals surface area contributed by atoms with Gasteiger partial charge < -0.3 is 14.7 Å². The van der Waals surface area contributed by atoms with Crippen LogP contribution in [0.2, 0.25) is 0 Å². The van der Waals surface area contributed by atoms with Crippen molar-refractivity contribution in [3.8, 4) is 0 Å². The zero-order chi connectivity index (χ0) is 21.5. The van der Waals surface area contributed by atoms with Crippen molar-refractivity contribution in [2.24, 2.45) is 5.92 Å². The number of piperazine rings is 1. The molecule has 4 rings (SSSR count). The van der Waals surface area contributed by atoms with Gasteiger partial charge in [-0.05, 0) is 23.8 Å². The predicted octanol–water partition coefficient (Wildman–Crippen LogP) is 1.06. The molecule has 31 heavy (non-hydrogen) atoms. The fourth-order valence-corrected chi connectivity index (χ4v) is 4.77. The Kier molecular flexibility index (Phi) is 7.49. The molecular weight excluding hydrogens is 389 g/mol. The molecule has 0 spiro atoms. The Morgan fingerprint density at radius 3 is 2.29 bits per heavy atom. The Bertz CT molecular complexity index is 852. The van der Waals surface area contributed by atoms with E-state index in [1.165, 1.54) is 28.2 Å². The van der Waals surface area contributed by atoms with E-state index in [1.54, 1.807) is 4.90 Å². The van der Waals surface area contributed by atoms with E-state index in [1.807, 2.05) is 18.2 Å². The average Bonchev–Trinajstić information content (AvgIpc) is 2.82. The van der Waals surface area contributed by atoms with Gasteiger partial charge in [0.2, 0.25) is 5.91 Å². The van der Waals surface area contributed by atoms with Crippen molar-refractivity contribution < 1.29 is 19.0 Å². The maximum absolute atomic E-state index is 13.1. The number of hydrogen-bond acceptors (Lipinski definition) is 1. The summed E-state index contributed by atoms with van der Waals surface area (Å²) in [6, 6.07) is 17.2. The number of quaternary nitrogens is 2. The van der Waals surface area contributed by atoms with Crippen LogP contribution in [0.3, 0.4) is 0 Å². The fourth-order valence-electron chi connectivity index (χ4n) is 4.77. The molecule has 2 aromatic rings. The second kappa shape index (κ2) is 10.7. The van der Waals surface area contributed by atoms with Crippen LogP contribution in [0, 0.1) is 11.7 Å². The average molecular weight is 424 g/mol. The number of nitrogens with one attached hydrogen (secondary N) is 2. The first-order chi connectivity index (χ1) is 15.2. The smallest absolute Gasteiger partial charge is 0.226 e. The maximum atomic E-state index is 13.1. The molecule has 0 atom stereocenters. The number of hydrogen-bond donors (Lipinski definition) is 2. The molecule has 2 aliphatic heterocycles. The molecule has 4 nitrogen and oxygen atoms in total. The monoisotopic (exact) mass is 423 g/mol. The van der Waals surface area contributed by atoms with Crippen molar-refractivity contribution in [2.45, 2.75) is 19.4 Å². The summed E-state index contributed by atoms with van der Waals surface area (Å²) in [5.74, 6) is 0.355. The molecule has 1 amide bonds. The van der Waals surface area contributed by atoms with E-state index < -0.39 is 0 Å². The summed E-state index contributed by atoms with van der Waals surface area (Å²) in [6.45, 7) is 7.76. The molecule has 0 radical (unpaired) electrons. The van der Waals surface area contributed by atoms with Crippen molar-refractivity contribution in [3.05, 3.63) is 77.6 Å². The Hall–Kier alpha value is -2.50. The van der Waals surface area contributed by atoms with Gasteiger partial charge in [0.25, 0.3) is 0 Å². The Labute approximate surface area is 185 Å². The number of amides is 1. The van der Waals surface area contributed by atoms with Crippen LogP contribution in [0.15, 0.2) is 60.7 Å². The van der Waals surface area contributed by atoms with Gasteiger partial charge in [-0.2, -0.15) is 0 Å². The predicted molar refractivity (Wildman–Crippen MR) is 121 cm³/mol. The number of rotatable bonds is 6. The lowest BCUT2D eigenvalue weighted by Gasteiger charge is -2.36. The highest BCUT2D eigenvalue weighted by molar-refractivity contribution is 5.79. The number of likely N-dealkylation sites (tertiary alicyclic amines) is 1. The molecule has 0 saturated carbocycles. The zero-order valence-corrected chi connectivity index (χ0v) is 18.2. The summed E-state index contributed by atoms with van der Waals surface area (Å²) in [5, 5.41) is 0. The highest BCUT2D eigenvalue weighted by atomic mass is 19.1. The maximum Gasteiger partial charge on any atom is 0.226 e. The van der Waals surface area contributed by atoms with Crippen LogP contribution in [0.5, 0.6) is 0 Å². The van der Waals surface area contributed by atoms with Crippen molar-refractivity contribution in [3.63, 3.8) is 0 Å². The largest absolute Gasteiger partial charge is 0.331 e. The van der Waals surface area contributed by atoms with Gasteiger partial charge in [0.05, 0.1) is 45.8 Å². The van der Waals surface area contributed by atoms with Crippen molar-refractivity contribution in [2.75, 3.05) is 45.8 Å². The van der Waals surface area contributed by atoms with E-state index in [-0.39, 0.29) is 11.7 Å². The van der Waals surface area contributed by atoms with E-state index in [4.69, 9.17) is 0 Å². The van der Waals surface area contributed by atoms with E-state index in [2.05, 4.69) is 41.3 Å². The van der Waals surface area contributed by atoms with Gasteiger partial charge in [0.1, 0.15) is 12.4 Å². The number of piperidine rings is 1. The lowest BCUT2D eigenvalue weighted by molar-refractivity contribution is -0.919. The number of nitrogens with zero attached hydrogens (tertiary/aromatic N) is 1. The molecule has 0 aliphatic carbocycles. The van der Waals surface area contributed by atoms with Gasteiger partial charge in [-0.15, -0.1) is 0 Å². The number of carbonyl (C=O) groups is 1. The molecule has 2 aromatic carbocycles. The third-order valence-electron chi connectivity index (χ3n) is 6.71. The van der Waals surface area contributed by atoms with Gasteiger partial charge in [-0.1, -0.05) is 48.5 Å². The van der Waals surface area contributed by atoms with Crippen LogP contribution in [0.25, 0.3) is 6.08 Å². The molecule has 2 heterocycles. The third-order valence-corrected chi connectivity index (χ3v) is 6.71. The summed E-state index contributed by atoms with van der Waals surface area (Å²) < 4.78 is 13.1. The molecule has 164 valence electrons. The summed E-state index contributed by atoms with van der Waals surface area (Å²) in [7, 11) is 0. The first-order valence-electron chi connectivity index (χ1n) is 11.6. The molecule has 2 N–H and O–H groups in total. The first-order valence-corrected chi connectivity index (χ1v) is 11.6. The van der Waals surface area contributed by atoms with Crippen LogP contribution < -0.4 is 9.80 Å². The SMILES string of the molecule is O=C(C1CC[NH+](Cc2ccc(F)cc2)CC1)N1CC[NH+](C/C=C/c2ccccc2)CC1. The zero-order valence-electron chi connectivity index (χ0n) is 18.2. The Morgan fingerprint density at radius 2 is 1.61 bits per heavy atom. The quantitative estimate of drug-likeness (QED) is 0.715. The van der Waals surface area contributed by atoms with Gasteiger partial charge >= 0.3 is 0 Å². The Balaban J connectivity index is 1.17. The van der Waals surface area contributed by atoms with E-state index >= 15 is 0 Å². The first kappa shape index (κ1) is 21.7. The molecular formula is C26H34FN3O+2. The van der Waals surface area contributed by atoms with Gasteiger partial charge in [0, 0.05) is 24.3 Å². The number of benzene rings is 2. The molecule has 5 heteroatoms. The highest BCUT2D eigenvalue weighted by Gasteiger charge is 2.32. The Morgan fingerprint density at radius 1 is 0.935 bits per heavy atom. The van der Waals surface area contributed by atoms with Crippen molar-refractivity contribution in [1.29, 1.82) is 0 Å². The summed E-state index contributed by atoms with van der Waals surface area (Å²) in [6.07, 6.45) is 6.36. The number of halogens is 1. The van der Waals surface area contributed by atoms with Gasteiger partial charge in [-0.25, -0.2) is 4.39 Å². The van der Waals surface area contributed by atoms with Crippen LogP contribution in [-0.4, -0.2) is 56.6 Å². The normalized spacial score (nSPS) is 22.7. The standard InChI is InChI=1S/C26H32FN3O/c27-25-10-8-23(9-11-25)21-29-15-12-24(13-16-29)26(31)30-19-17-28(18-20-30)14-4-7-22-5-2-1-3-6-22/h1-11,24H,12-21H2/p+2/b7-4+. The lowest BCUT2D eigenvalue weighted by Crippen LogP contribution is -3.14. The van der Waals surface area contributed by atoms with Crippen molar-refractivity contribution >= 4 is 12.0 Å². The van der Waals surface area contributed by atoms with Crippen LogP contribution in [0.1, 0.15) is 24.0 Å². The fraction of sp³-hybridized carbons (Fsp3) is 0.423. The minimum atomic E-state index is -0.183. The van der Waals surface area contributed by atoms with Gasteiger partial charge in [0.15, 0.2) is 0 Å². The number of carbonyl (C=O) groups excluding carboxylic acids is 1. The summed E-state index contributed by atoms with van der Waals surface area (Å²) in [5.41, 5.74) is 2.41. The third kappa shape index (κ3) is 6.25. The molecule has 2 fully saturated rings. The second-order valence-electron chi connectivity index (χ2n) is 8.92.